The summed E-state index contributed by atoms with van der Waals surface area (Å²) in [7, 11) is 0. The van der Waals surface area contributed by atoms with Gasteiger partial charge in [0.2, 0.25) is 6.79 Å². The van der Waals surface area contributed by atoms with Gasteiger partial charge < -0.3 is 14.8 Å². The van der Waals surface area contributed by atoms with Crippen molar-refractivity contribution in [1.29, 1.82) is 0 Å². The minimum Gasteiger partial charge on any atom is -0.454 e. The number of aromatic nitrogens is 1. The van der Waals surface area contributed by atoms with Gasteiger partial charge in [-0.1, -0.05) is 0 Å². The number of nitrogens with zero attached hydrogens (tertiary/aromatic N) is 1. The molecule has 0 saturated carbocycles. The molecule has 0 spiro atoms. The topological polar surface area (TPSA) is 60.5 Å². The lowest BCUT2D eigenvalue weighted by Gasteiger charge is -2.04. The molecule has 2 aromatic rings. The lowest BCUT2D eigenvalue weighted by atomic mass is 10.2. The molecule has 86 valence electrons. The van der Waals surface area contributed by atoms with Crippen molar-refractivity contribution in [1.82, 2.24) is 4.98 Å². The van der Waals surface area contributed by atoms with E-state index in [0.29, 0.717) is 22.1 Å². The van der Waals surface area contributed by atoms with Gasteiger partial charge in [-0.15, -0.1) is 11.3 Å². The Kier molecular flexibility index (Phi) is 2.41. The van der Waals surface area contributed by atoms with Crippen molar-refractivity contribution in [3.8, 4) is 11.5 Å². The average Bonchev–Trinajstić information content (AvgIpc) is 2.99. The molecule has 6 heteroatoms. The van der Waals surface area contributed by atoms with Crippen LogP contribution in [-0.2, 0) is 0 Å². The van der Waals surface area contributed by atoms with Crippen LogP contribution >= 0.6 is 11.3 Å². The Morgan fingerprint density at radius 1 is 1.35 bits per heavy atom. The highest BCUT2D eigenvalue weighted by atomic mass is 32.1. The summed E-state index contributed by atoms with van der Waals surface area (Å²) in [5, 5.41) is 2.77. The number of carbonyl (C=O) groups excluding carboxylic acids is 1. The maximum absolute atomic E-state index is 11.8. The second-order valence-electron chi connectivity index (χ2n) is 3.39. The zero-order valence-electron chi connectivity index (χ0n) is 8.67. The van der Waals surface area contributed by atoms with Gasteiger partial charge in [0.1, 0.15) is 4.88 Å². The molecule has 5 nitrogen and oxygen atoms in total. The standard InChI is InChI=1S/C11H8N2O3S/c14-11(10-4-12-5-17-10)13-7-1-2-8-9(3-7)16-6-15-8/h1-5H,6H2,(H,13,14). The first kappa shape index (κ1) is 10.1. The van der Waals surface area contributed by atoms with E-state index in [4.69, 9.17) is 9.47 Å². The van der Waals surface area contributed by atoms with E-state index in [1.165, 1.54) is 17.5 Å². The van der Waals surface area contributed by atoms with E-state index in [2.05, 4.69) is 10.3 Å². The third kappa shape index (κ3) is 1.94. The predicted molar refractivity (Wildman–Crippen MR) is 62.6 cm³/mol. The highest BCUT2D eigenvalue weighted by Gasteiger charge is 2.14. The fraction of sp³-hybridized carbons (Fsp3) is 0.0909. The van der Waals surface area contributed by atoms with Gasteiger partial charge >= 0.3 is 0 Å². The number of hydrogen-bond donors (Lipinski definition) is 1. The molecule has 0 fully saturated rings. The maximum atomic E-state index is 11.8. The normalized spacial score (nSPS) is 12.5. The van der Waals surface area contributed by atoms with Crippen LogP contribution in [0.3, 0.4) is 0 Å². The van der Waals surface area contributed by atoms with Gasteiger partial charge in [-0.05, 0) is 12.1 Å². The van der Waals surface area contributed by atoms with Crippen molar-refractivity contribution in [2.45, 2.75) is 0 Å². The second kappa shape index (κ2) is 4.06. The molecule has 1 aromatic heterocycles. The summed E-state index contributed by atoms with van der Waals surface area (Å²) >= 11 is 1.30. The molecule has 17 heavy (non-hydrogen) atoms. The molecule has 0 saturated heterocycles. The molecule has 0 bridgehead atoms. The first-order chi connectivity index (χ1) is 8.33. The Labute approximate surface area is 101 Å². The van der Waals surface area contributed by atoms with Crippen molar-refractivity contribution in [3.63, 3.8) is 0 Å². The molecule has 2 heterocycles. The van der Waals surface area contributed by atoms with E-state index in [0.717, 1.165) is 0 Å². The maximum Gasteiger partial charge on any atom is 0.267 e. The van der Waals surface area contributed by atoms with Crippen molar-refractivity contribution in [2.24, 2.45) is 0 Å². The van der Waals surface area contributed by atoms with Crippen LogP contribution in [0.25, 0.3) is 0 Å². The first-order valence-electron chi connectivity index (χ1n) is 4.92. The van der Waals surface area contributed by atoms with Crippen LogP contribution in [0.5, 0.6) is 11.5 Å². The van der Waals surface area contributed by atoms with Crippen LogP contribution in [0.4, 0.5) is 5.69 Å². The van der Waals surface area contributed by atoms with Gasteiger partial charge in [-0.3, -0.25) is 9.78 Å². The second-order valence-corrected chi connectivity index (χ2v) is 4.27. The minimum atomic E-state index is -0.175. The first-order valence-corrected chi connectivity index (χ1v) is 5.80. The zero-order chi connectivity index (χ0) is 11.7. The zero-order valence-corrected chi connectivity index (χ0v) is 9.49. The van der Waals surface area contributed by atoms with E-state index in [1.807, 2.05) is 0 Å². The number of rotatable bonds is 2. The third-order valence-corrected chi connectivity index (χ3v) is 3.06. The highest BCUT2D eigenvalue weighted by molar-refractivity contribution is 7.11. The van der Waals surface area contributed by atoms with Gasteiger partial charge in [-0.25, -0.2) is 0 Å². The van der Waals surface area contributed by atoms with Crippen LogP contribution in [0.15, 0.2) is 29.9 Å². The lowest BCUT2D eigenvalue weighted by molar-refractivity contribution is 0.103. The molecule has 0 radical (unpaired) electrons. The SMILES string of the molecule is O=C(Nc1ccc2c(c1)OCO2)c1cncs1. The van der Waals surface area contributed by atoms with Crippen molar-refractivity contribution < 1.29 is 14.3 Å². The summed E-state index contributed by atoms with van der Waals surface area (Å²) < 4.78 is 10.4. The van der Waals surface area contributed by atoms with E-state index in [9.17, 15) is 4.79 Å². The molecule has 1 aliphatic rings. The smallest absolute Gasteiger partial charge is 0.267 e. The molecule has 1 aliphatic heterocycles. The minimum absolute atomic E-state index is 0.175. The van der Waals surface area contributed by atoms with E-state index >= 15 is 0 Å². The number of thiazole rings is 1. The Hall–Kier alpha value is -2.08. The third-order valence-electron chi connectivity index (χ3n) is 2.29. The number of carbonyl (C=O) groups is 1. The molecule has 0 unspecified atom stereocenters. The molecule has 0 aliphatic carbocycles. The predicted octanol–water partition coefficient (Wildman–Crippen LogP) is 2.12. The van der Waals surface area contributed by atoms with Gasteiger partial charge in [0.25, 0.3) is 5.91 Å². The van der Waals surface area contributed by atoms with E-state index in [-0.39, 0.29) is 12.7 Å². The van der Waals surface area contributed by atoms with Gasteiger partial charge in [-0.2, -0.15) is 0 Å². The fourth-order valence-corrected chi connectivity index (χ4v) is 2.01. The van der Waals surface area contributed by atoms with Crippen LogP contribution < -0.4 is 14.8 Å². The summed E-state index contributed by atoms with van der Waals surface area (Å²) in [5.74, 6) is 1.17. The Balaban J connectivity index is 1.80. The van der Waals surface area contributed by atoms with Crippen molar-refractivity contribution in [2.75, 3.05) is 12.1 Å². The largest absolute Gasteiger partial charge is 0.454 e. The molecule has 3 rings (SSSR count). The number of nitrogens with one attached hydrogen (secondary N) is 1. The van der Waals surface area contributed by atoms with Crippen LogP contribution in [0.1, 0.15) is 9.67 Å². The monoisotopic (exact) mass is 248 g/mol. The summed E-state index contributed by atoms with van der Waals surface area (Å²) in [6.45, 7) is 0.224. The molecular weight excluding hydrogens is 240 g/mol. The quantitative estimate of drug-likeness (QED) is 0.884. The van der Waals surface area contributed by atoms with Crippen molar-refractivity contribution in [3.05, 3.63) is 34.8 Å². The van der Waals surface area contributed by atoms with E-state index < -0.39 is 0 Å². The summed E-state index contributed by atoms with van der Waals surface area (Å²) in [5.41, 5.74) is 2.29. The number of ether oxygens (including phenoxy) is 2. The lowest BCUT2D eigenvalue weighted by Crippen LogP contribution is -2.09. The van der Waals surface area contributed by atoms with Gasteiger partial charge in [0, 0.05) is 11.8 Å². The summed E-state index contributed by atoms with van der Waals surface area (Å²) in [6, 6.07) is 5.28. The summed E-state index contributed by atoms with van der Waals surface area (Å²) in [6.07, 6.45) is 1.53. The number of hydrogen-bond acceptors (Lipinski definition) is 5. The van der Waals surface area contributed by atoms with E-state index in [1.54, 1.807) is 23.7 Å². The molecular formula is C11H8N2O3S. The Morgan fingerprint density at radius 2 is 2.24 bits per heavy atom. The number of benzene rings is 1. The van der Waals surface area contributed by atoms with Crippen LogP contribution in [0, 0.1) is 0 Å². The average molecular weight is 248 g/mol. The van der Waals surface area contributed by atoms with Crippen LogP contribution in [-0.4, -0.2) is 17.7 Å². The molecule has 1 N–H and O–H groups in total. The van der Waals surface area contributed by atoms with Crippen molar-refractivity contribution >= 4 is 22.9 Å². The van der Waals surface area contributed by atoms with Crippen LogP contribution in [0.2, 0.25) is 0 Å². The van der Waals surface area contributed by atoms with Gasteiger partial charge in [0.05, 0.1) is 11.7 Å². The highest BCUT2D eigenvalue weighted by Crippen LogP contribution is 2.34. The Bertz CT molecular complexity index is 554. The fourth-order valence-electron chi connectivity index (χ4n) is 1.49. The number of anilines is 1. The molecule has 1 aromatic carbocycles. The summed E-state index contributed by atoms with van der Waals surface area (Å²) in [4.78, 5) is 16.2. The molecule has 0 atom stereocenters. The Morgan fingerprint density at radius 3 is 3.06 bits per heavy atom. The number of amides is 1. The molecule has 1 amide bonds. The number of fused-ring (bicyclic) bond motifs is 1. The van der Waals surface area contributed by atoms with Gasteiger partial charge in [0.15, 0.2) is 11.5 Å².